The van der Waals surface area contributed by atoms with E-state index in [9.17, 15) is 18.7 Å². The summed E-state index contributed by atoms with van der Waals surface area (Å²) in [6.45, 7) is 1.96. The highest BCUT2D eigenvalue weighted by Gasteiger charge is 2.22. The number of halogens is 2. The molecule has 1 aromatic rings. The van der Waals surface area contributed by atoms with Crippen molar-refractivity contribution < 1.29 is 18.7 Å². The first-order chi connectivity index (χ1) is 8.71. The fourth-order valence-electron chi connectivity index (χ4n) is 1.75. The van der Waals surface area contributed by atoms with Crippen LogP contribution >= 0.6 is 0 Å². The first-order valence-electron chi connectivity index (χ1n) is 5.82. The summed E-state index contributed by atoms with van der Waals surface area (Å²) in [4.78, 5) is 13.5. The van der Waals surface area contributed by atoms with Crippen molar-refractivity contribution in [2.75, 3.05) is 27.2 Å². The molecule has 0 aliphatic carbocycles. The average molecular weight is 272 g/mol. The maximum absolute atomic E-state index is 13.0. The van der Waals surface area contributed by atoms with Gasteiger partial charge in [0, 0.05) is 18.7 Å². The first-order valence-corrected chi connectivity index (χ1v) is 5.82. The molecule has 0 radical (unpaired) electrons. The number of hydrogen-bond donors (Lipinski definition) is 2. The summed E-state index contributed by atoms with van der Waals surface area (Å²) in [5.41, 5.74) is -1.09. The Labute approximate surface area is 111 Å². The summed E-state index contributed by atoms with van der Waals surface area (Å²) in [5.74, 6) is -2.64. The molecular weight excluding hydrogens is 254 g/mol. The van der Waals surface area contributed by atoms with Crippen molar-refractivity contribution >= 4 is 5.91 Å². The van der Waals surface area contributed by atoms with Crippen LogP contribution in [0.2, 0.25) is 0 Å². The van der Waals surface area contributed by atoms with Gasteiger partial charge in [0.15, 0.2) is 11.6 Å². The van der Waals surface area contributed by atoms with Crippen LogP contribution in [-0.4, -0.2) is 48.7 Å². The second kappa shape index (κ2) is 6.08. The van der Waals surface area contributed by atoms with Crippen LogP contribution in [0.3, 0.4) is 0 Å². The fourth-order valence-corrected chi connectivity index (χ4v) is 1.75. The van der Waals surface area contributed by atoms with Crippen LogP contribution in [-0.2, 0) is 0 Å². The van der Waals surface area contributed by atoms with E-state index < -0.39 is 23.1 Å². The van der Waals surface area contributed by atoms with E-state index in [0.717, 1.165) is 12.1 Å². The third-order valence-corrected chi connectivity index (χ3v) is 2.47. The zero-order chi connectivity index (χ0) is 14.6. The number of amides is 1. The van der Waals surface area contributed by atoms with E-state index in [1.807, 2.05) is 0 Å². The molecule has 6 heteroatoms. The number of rotatable bonds is 5. The van der Waals surface area contributed by atoms with Crippen molar-refractivity contribution in [3.05, 3.63) is 35.4 Å². The van der Waals surface area contributed by atoms with E-state index in [1.165, 1.54) is 6.07 Å². The van der Waals surface area contributed by atoms with Gasteiger partial charge in [0.2, 0.25) is 0 Å². The van der Waals surface area contributed by atoms with Gasteiger partial charge in [0.1, 0.15) is 0 Å². The minimum atomic E-state index is -1.10. The van der Waals surface area contributed by atoms with E-state index in [1.54, 1.807) is 25.9 Å². The zero-order valence-electron chi connectivity index (χ0n) is 11.2. The van der Waals surface area contributed by atoms with Crippen molar-refractivity contribution in [1.29, 1.82) is 0 Å². The molecule has 1 unspecified atom stereocenters. The molecule has 0 bridgehead atoms. The molecule has 19 heavy (non-hydrogen) atoms. The van der Waals surface area contributed by atoms with Crippen LogP contribution in [0.1, 0.15) is 17.3 Å². The van der Waals surface area contributed by atoms with Gasteiger partial charge in [-0.1, -0.05) is 0 Å². The van der Waals surface area contributed by atoms with Crippen molar-refractivity contribution in [3.63, 3.8) is 0 Å². The van der Waals surface area contributed by atoms with Crippen molar-refractivity contribution in [2.45, 2.75) is 12.5 Å². The molecule has 0 aliphatic heterocycles. The number of likely N-dealkylation sites (N-methyl/N-ethyl adjacent to an activating group) is 1. The smallest absolute Gasteiger partial charge is 0.251 e. The Morgan fingerprint density at radius 3 is 2.53 bits per heavy atom. The Morgan fingerprint density at radius 1 is 1.37 bits per heavy atom. The molecule has 0 aliphatic rings. The lowest BCUT2D eigenvalue weighted by Crippen LogP contribution is -2.47. The molecule has 1 rings (SSSR count). The SMILES string of the molecule is CN(C)CC(C)(O)CNC(=O)c1ccc(F)c(F)c1. The Kier molecular flexibility index (Phi) is 4.97. The maximum atomic E-state index is 13.0. The zero-order valence-corrected chi connectivity index (χ0v) is 11.2. The number of nitrogens with one attached hydrogen (secondary N) is 1. The molecule has 0 saturated carbocycles. The van der Waals surface area contributed by atoms with Gasteiger partial charge in [0.25, 0.3) is 5.91 Å². The lowest BCUT2D eigenvalue weighted by atomic mass is 10.1. The number of carbonyl (C=O) groups excluding carboxylic acids is 1. The first kappa shape index (κ1) is 15.5. The van der Waals surface area contributed by atoms with Crippen LogP contribution in [0.5, 0.6) is 0 Å². The monoisotopic (exact) mass is 272 g/mol. The largest absolute Gasteiger partial charge is 0.387 e. The Bertz CT molecular complexity index is 462. The standard InChI is InChI=1S/C13H18F2N2O2/c1-13(19,8-17(2)3)7-16-12(18)9-4-5-10(14)11(15)6-9/h4-6,19H,7-8H2,1-3H3,(H,16,18). The summed E-state index contributed by atoms with van der Waals surface area (Å²) < 4.78 is 25.7. The van der Waals surface area contributed by atoms with Gasteiger partial charge in [-0.15, -0.1) is 0 Å². The lowest BCUT2D eigenvalue weighted by molar-refractivity contribution is 0.0326. The van der Waals surface area contributed by atoms with Gasteiger partial charge in [0.05, 0.1) is 5.60 Å². The van der Waals surface area contributed by atoms with Crippen molar-refractivity contribution in [3.8, 4) is 0 Å². The molecule has 0 aromatic heterocycles. The normalized spacial score (nSPS) is 14.3. The van der Waals surface area contributed by atoms with Crippen molar-refractivity contribution in [1.82, 2.24) is 10.2 Å². The summed E-state index contributed by atoms with van der Waals surface area (Å²) >= 11 is 0. The summed E-state index contributed by atoms with van der Waals surface area (Å²) in [6.07, 6.45) is 0. The van der Waals surface area contributed by atoms with E-state index in [0.29, 0.717) is 6.54 Å². The van der Waals surface area contributed by atoms with Gasteiger partial charge < -0.3 is 15.3 Å². The molecule has 0 spiro atoms. The van der Waals surface area contributed by atoms with Crippen LogP contribution < -0.4 is 5.32 Å². The van der Waals surface area contributed by atoms with E-state index in [4.69, 9.17) is 0 Å². The number of hydrogen-bond acceptors (Lipinski definition) is 3. The maximum Gasteiger partial charge on any atom is 0.251 e. The molecule has 0 fully saturated rings. The van der Waals surface area contributed by atoms with Gasteiger partial charge in [-0.3, -0.25) is 4.79 Å². The molecular formula is C13H18F2N2O2. The number of nitrogens with zero attached hydrogens (tertiary/aromatic N) is 1. The second-order valence-corrected chi connectivity index (χ2v) is 5.05. The van der Waals surface area contributed by atoms with E-state index >= 15 is 0 Å². The fraction of sp³-hybridized carbons (Fsp3) is 0.462. The number of aliphatic hydroxyl groups is 1. The van der Waals surface area contributed by atoms with E-state index in [2.05, 4.69) is 5.32 Å². The van der Waals surface area contributed by atoms with Crippen molar-refractivity contribution in [2.24, 2.45) is 0 Å². The quantitative estimate of drug-likeness (QED) is 0.841. The average Bonchev–Trinajstić information content (AvgIpc) is 2.28. The molecule has 106 valence electrons. The topological polar surface area (TPSA) is 52.6 Å². The van der Waals surface area contributed by atoms with Gasteiger partial charge >= 0.3 is 0 Å². The highest BCUT2D eigenvalue weighted by Crippen LogP contribution is 2.09. The highest BCUT2D eigenvalue weighted by molar-refractivity contribution is 5.94. The minimum absolute atomic E-state index is 0.0135. The lowest BCUT2D eigenvalue weighted by Gasteiger charge is -2.27. The summed E-state index contributed by atoms with van der Waals surface area (Å²) in [7, 11) is 3.59. The number of carbonyl (C=O) groups is 1. The molecule has 0 heterocycles. The molecule has 1 amide bonds. The third kappa shape index (κ3) is 4.92. The molecule has 4 nitrogen and oxygen atoms in total. The Hall–Kier alpha value is -1.53. The van der Waals surface area contributed by atoms with Gasteiger partial charge in [-0.05, 0) is 39.2 Å². The Balaban J connectivity index is 2.62. The third-order valence-electron chi connectivity index (χ3n) is 2.47. The predicted octanol–water partition coefficient (Wildman–Crippen LogP) is 1.01. The van der Waals surface area contributed by atoms with E-state index in [-0.39, 0.29) is 12.1 Å². The second-order valence-electron chi connectivity index (χ2n) is 5.05. The van der Waals surface area contributed by atoms with Crippen LogP contribution in [0, 0.1) is 11.6 Å². The number of benzene rings is 1. The van der Waals surface area contributed by atoms with Gasteiger partial charge in [-0.25, -0.2) is 8.78 Å². The van der Waals surface area contributed by atoms with Crippen LogP contribution in [0.4, 0.5) is 8.78 Å². The van der Waals surface area contributed by atoms with Crippen LogP contribution in [0.25, 0.3) is 0 Å². The predicted molar refractivity (Wildman–Crippen MR) is 67.9 cm³/mol. The molecule has 2 N–H and O–H groups in total. The molecule has 0 saturated heterocycles. The minimum Gasteiger partial charge on any atom is -0.387 e. The van der Waals surface area contributed by atoms with Gasteiger partial charge in [-0.2, -0.15) is 0 Å². The Morgan fingerprint density at radius 2 is 2.00 bits per heavy atom. The van der Waals surface area contributed by atoms with Crippen LogP contribution in [0.15, 0.2) is 18.2 Å². The molecule has 1 aromatic carbocycles. The summed E-state index contributed by atoms with van der Waals surface area (Å²) in [6, 6.07) is 2.90. The highest BCUT2D eigenvalue weighted by atomic mass is 19.2. The summed E-state index contributed by atoms with van der Waals surface area (Å²) in [5, 5.41) is 12.5. The molecule has 1 atom stereocenters.